The summed E-state index contributed by atoms with van der Waals surface area (Å²) < 4.78 is 10.2. The van der Waals surface area contributed by atoms with Crippen LogP contribution < -0.4 is 4.74 Å². The summed E-state index contributed by atoms with van der Waals surface area (Å²) in [7, 11) is 1.57. The van der Waals surface area contributed by atoms with E-state index in [1.807, 2.05) is 11.0 Å². The maximum atomic E-state index is 12.6. The van der Waals surface area contributed by atoms with Crippen molar-refractivity contribution < 1.29 is 19.1 Å². The molecule has 3 rings (SSSR count). The van der Waals surface area contributed by atoms with Crippen molar-refractivity contribution in [1.82, 2.24) is 4.90 Å². The minimum Gasteiger partial charge on any atom is -0.497 e. The largest absolute Gasteiger partial charge is 0.497 e. The van der Waals surface area contributed by atoms with Crippen LogP contribution in [0.3, 0.4) is 0 Å². The molecule has 0 unspecified atom stereocenters. The third kappa shape index (κ3) is 4.72. The predicted molar refractivity (Wildman–Crippen MR) is 104 cm³/mol. The minimum absolute atomic E-state index is 0.132. The number of methoxy groups -OCH3 is 1. The number of benzene rings is 1. The van der Waals surface area contributed by atoms with E-state index in [1.165, 1.54) is 25.3 Å². The first kappa shape index (κ1) is 19.9. The number of esters is 1. The molecule has 28 heavy (non-hydrogen) atoms. The molecule has 0 radical (unpaired) electrons. The zero-order valence-electron chi connectivity index (χ0n) is 16.2. The standard InChI is InChI=1S/C22H26N2O4/c1-27-19-10-8-16(9-11-19)13-18(14-23)22(26)28-15-21(25)24-12-4-6-17-5-2-3-7-20(17)24/h8-11,13,17,20H,2-7,12,15H2,1H3/b18-13+/t17-,20-/m0/s1. The molecule has 1 aliphatic carbocycles. The first-order valence-corrected chi connectivity index (χ1v) is 9.85. The van der Waals surface area contributed by atoms with Crippen molar-refractivity contribution in [2.75, 3.05) is 20.3 Å². The smallest absolute Gasteiger partial charge is 0.349 e. The Morgan fingerprint density at radius 2 is 1.89 bits per heavy atom. The van der Waals surface area contributed by atoms with Crippen LogP contribution in [-0.2, 0) is 14.3 Å². The zero-order valence-corrected chi connectivity index (χ0v) is 16.2. The summed E-state index contributed by atoms with van der Waals surface area (Å²) in [5.74, 6) is 0.328. The SMILES string of the molecule is COc1ccc(/C=C(\C#N)C(=O)OCC(=O)N2CCC[C@@H]3CCCC[C@@H]32)cc1. The number of amides is 1. The Morgan fingerprint density at radius 3 is 2.61 bits per heavy atom. The highest BCUT2D eigenvalue weighted by molar-refractivity contribution is 5.98. The maximum absolute atomic E-state index is 12.6. The van der Waals surface area contributed by atoms with Gasteiger partial charge in [-0.1, -0.05) is 25.0 Å². The fourth-order valence-corrected chi connectivity index (χ4v) is 4.23. The summed E-state index contributed by atoms with van der Waals surface area (Å²) >= 11 is 0. The van der Waals surface area contributed by atoms with Gasteiger partial charge in [0.1, 0.15) is 17.4 Å². The summed E-state index contributed by atoms with van der Waals surface area (Å²) in [6, 6.07) is 9.10. The van der Waals surface area contributed by atoms with Gasteiger partial charge < -0.3 is 14.4 Å². The van der Waals surface area contributed by atoms with Crippen molar-refractivity contribution in [2.24, 2.45) is 5.92 Å². The topological polar surface area (TPSA) is 79.6 Å². The molecule has 6 nitrogen and oxygen atoms in total. The summed E-state index contributed by atoms with van der Waals surface area (Å²) in [5.41, 5.74) is 0.550. The van der Waals surface area contributed by atoms with Crippen molar-refractivity contribution in [3.8, 4) is 11.8 Å². The Labute approximate surface area is 165 Å². The van der Waals surface area contributed by atoms with Crippen molar-refractivity contribution in [3.05, 3.63) is 35.4 Å². The fourth-order valence-electron chi connectivity index (χ4n) is 4.23. The Balaban J connectivity index is 1.59. The molecule has 0 aromatic heterocycles. The van der Waals surface area contributed by atoms with Gasteiger partial charge >= 0.3 is 5.97 Å². The Kier molecular flexibility index (Phi) is 6.70. The second-order valence-corrected chi connectivity index (χ2v) is 7.36. The van der Waals surface area contributed by atoms with Gasteiger partial charge in [-0.2, -0.15) is 5.26 Å². The first-order valence-electron chi connectivity index (χ1n) is 9.85. The maximum Gasteiger partial charge on any atom is 0.349 e. The molecule has 1 saturated carbocycles. The lowest BCUT2D eigenvalue weighted by Gasteiger charge is -2.44. The number of likely N-dealkylation sites (tertiary alicyclic amines) is 1. The minimum atomic E-state index is -0.774. The van der Waals surface area contributed by atoms with Crippen LogP contribution >= 0.6 is 0 Å². The molecule has 2 aliphatic rings. The van der Waals surface area contributed by atoms with E-state index in [-0.39, 0.29) is 24.1 Å². The van der Waals surface area contributed by atoms with Gasteiger partial charge in [-0.3, -0.25) is 4.79 Å². The van der Waals surface area contributed by atoms with Crippen molar-refractivity contribution in [2.45, 2.75) is 44.6 Å². The molecule has 1 aliphatic heterocycles. The molecule has 0 bridgehead atoms. The van der Waals surface area contributed by atoms with E-state index in [9.17, 15) is 14.9 Å². The highest BCUT2D eigenvalue weighted by Crippen LogP contribution is 2.35. The molecule has 148 valence electrons. The first-order chi connectivity index (χ1) is 13.6. The zero-order chi connectivity index (χ0) is 19.9. The predicted octanol–water partition coefficient (Wildman–Crippen LogP) is 3.33. The monoisotopic (exact) mass is 382 g/mol. The number of hydrogen-bond donors (Lipinski definition) is 0. The Hall–Kier alpha value is -2.81. The average molecular weight is 382 g/mol. The highest BCUT2D eigenvalue weighted by atomic mass is 16.5. The van der Waals surface area contributed by atoms with Crippen molar-refractivity contribution in [3.63, 3.8) is 0 Å². The molecule has 1 amide bonds. The van der Waals surface area contributed by atoms with Crippen LogP contribution in [0, 0.1) is 17.2 Å². The van der Waals surface area contributed by atoms with E-state index in [1.54, 1.807) is 31.4 Å². The summed E-state index contributed by atoms with van der Waals surface area (Å²) in [6.07, 6.45) is 8.22. The van der Waals surface area contributed by atoms with Gasteiger partial charge in [-0.05, 0) is 55.4 Å². The third-order valence-corrected chi connectivity index (χ3v) is 5.66. The lowest BCUT2D eigenvalue weighted by Crippen LogP contribution is -2.50. The van der Waals surface area contributed by atoms with Gasteiger partial charge in [0.2, 0.25) is 0 Å². The van der Waals surface area contributed by atoms with Crippen LogP contribution in [0.4, 0.5) is 0 Å². The van der Waals surface area contributed by atoms with Crippen molar-refractivity contribution >= 4 is 18.0 Å². The highest BCUT2D eigenvalue weighted by Gasteiger charge is 2.35. The van der Waals surface area contributed by atoms with Gasteiger partial charge in [0.25, 0.3) is 5.91 Å². The quantitative estimate of drug-likeness (QED) is 0.443. The van der Waals surface area contributed by atoms with Gasteiger partial charge in [-0.15, -0.1) is 0 Å². The van der Waals surface area contributed by atoms with Gasteiger partial charge in [-0.25, -0.2) is 4.79 Å². The number of nitriles is 1. The van der Waals surface area contributed by atoms with Crippen LogP contribution in [-0.4, -0.2) is 43.1 Å². The van der Waals surface area contributed by atoms with E-state index in [2.05, 4.69) is 0 Å². The Bertz CT molecular complexity index is 777. The fraction of sp³-hybridized carbons (Fsp3) is 0.500. The molecular formula is C22H26N2O4. The molecule has 2 fully saturated rings. The molecule has 1 aromatic rings. The molecule has 1 saturated heterocycles. The normalized spacial score (nSPS) is 22.0. The lowest BCUT2D eigenvalue weighted by molar-refractivity contribution is -0.152. The van der Waals surface area contributed by atoms with E-state index in [4.69, 9.17) is 9.47 Å². The molecule has 0 N–H and O–H groups in total. The van der Waals surface area contributed by atoms with Gasteiger partial charge in [0, 0.05) is 12.6 Å². The number of carbonyl (C=O) groups is 2. The number of ether oxygens (including phenoxy) is 2. The second-order valence-electron chi connectivity index (χ2n) is 7.36. The van der Waals surface area contributed by atoms with E-state index in [0.717, 1.165) is 25.8 Å². The van der Waals surface area contributed by atoms with Crippen LogP contribution in [0.25, 0.3) is 6.08 Å². The number of rotatable bonds is 5. The molecule has 0 spiro atoms. The van der Waals surface area contributed by atoms with Gasteiger partial charge in [0.05, 0.1) is 7.11 Å². The number of nitrogens with zero attached hydrogens (tertiary/aromatic N) is 2. The Morgan fingerprint density at radius 1 is 1.18 bits per heavy atom. The number of hydrogen-bond acceptors (Lipinski definition) is 5. The molecule has 6 heteroatoms. The molecular weight excluding hydrogens is 356 g/mol. The van der Waals surface area contributed by atoms with Crippen LogP contribution in [0.15, 0.2) is 29.8 Å². The number of carbonyl (C=O) groups excluding carboxylic acids is 2. The number of fused-ring (bicyclic) bond motifs is 1. The van der Waals surface area contributed by atoms with Gasteiger partial charge in [0.15, 0.2) is 6.61 Å². The average Bonchev–Trinajstić information content (AvgIpc) is 2.75. The van der Waals surface area contributed by atoms with E-state index >= 15 is 0 Å². The second kappa shape index (κ2) is 9.41. The third-order valence-electron chi connectivity index (χ3n) is 5.66. The summed E-state index contributed by atoms with van der Waals surface area (Å²) in [4.78, 5) is 26.8. The summed E-state index contributed by atoms with van der Waals surface area (Å²) in [6.45, 7) is 0.411. The number of piperidine rings is 1. The summed E-state index contributed by atoms with van der Waals surface area (Å²) in [5, 5.41) is 9.29. The molecule has 1 heterocycles. The lowest BCUT2D eigenvalue weighted by atomic mass is 9.78. The van der Waals surface area contributed by atoms with Crippen LogP contribution in [0.5, 0.6) is 5.75 Å². The molecule has 1 aromatic carbocycles. The van der Waals surface area contributed by atoms with Crippen LogP contribution in [0.2, 0.25) is 0 Å². The van der Waals surface area contributed by atoms with E-state index < -0.39 is 5.97 Å². The van der Waals surface area contributed by atoms with Crippen LogP contribution in [0.1, 0.15) is 44.1 Å². The van der Waals surface area contributed by atoms with E-state index in [0.29, 0.717) is 17.2 Å². The molecule has 2 atom stereocenters. The van der Waals surface area contributed by atoms with Crippen molar-refractivity contribution in [1.29, 1.82) is 5.26 Å².